The number of aromatic nitrogens is 9. The van der Waals surface area contributed by atoms with Crippen LogP contribution in [0.15, 0.2) is 36.7 Å². The lowest BCUT2D eigenvalue weighted by Gasteiger charge is -2.38. The number of phenolic OH excluding ortho intramolecular Hbond substituents is 1. The molecule has 24 nitrogen and oxygen atoms in total. The lowest BCUT2D eigenvalue weighted by Crippen LogP contribution is -2.52. The predicted molar refractivity (Wildman–Crippen MR) is 274 cm³/mol. The van der Waals surface area contributed by atoms with E-state index in [0.29, 0.717) is 140 Å². The van der Waals surface area contributed by atoms with Crippen LogP contribution in [0.1, 0.15) is 94.5 Å². The van der Waals surface area contributed by atoms with E-state index in [1.54, 1.807) is 46.2 Å². The number of anilines is 3. The van der Waals surface area contributed by atoms with E-state index in [1.807, 2.05) is 14.7 Å². The minimum absolute atomic E-state index is 0. The van der Waals surface area contributed by atoms with E-state index in [1.165, 1.54) is 4.68 Å². The fourth-order valence-corrected chi connectivity index (χ4v) is 8.36. The molecule has 25 heteroatoms. The SMILES string of the molecule is C#CCOCCOCCOCCNc1nc(N2CCN(C(=O)[C@@H](Cc3ccc(O)cc3)n3cc(C(N)[C@H](C)CC)nn3)CC2)nc(N2CCN(C(=O)[C@H](CCC(=O)O)n3cc(C(N)CC(C)C)nn3)CC2)n1.Cl. The normalized spacial score (nSPS) is 16.1. The third kappa shape index (κ3) is 16.9. The number of halogens is 1. The second kappa shape index (κ2) is 28.9. The number of hydrogen-bond donors (Lipinski definition) is 5. The van der Waals surface area contributed by atoms with Gasteiger partial charge in [0, 0.05) is 71.7 Å². The third-order valence-electron chi connectivity index (χ3n) is 12.8. The quantitative estimate of drug-likeness (QED) is 0.0403. The number of carbonyl (C=O) groups is 3. The summed E-state index contributed by atoms with van der Waals surface area (Å²) in [5.74, 6) is 2.78. The Kier molecular flexibility index (Phi) is 22.8. The molecule has 0 radical (unpaired) electrons. The van der Waals surface area contributed by atoms with Gasteiger partial charge in [-0.15, -0.1) is 29.0 Å². The largest absolute Gasteiger partial charge is 0.508 e. The van der Waals surface area contributed by atoms with Gasteiger partial charge in [0.1, 0.15) is 24.4 Å². The van der Waals surface area contributed by atoms with Gasteiger partial charge in [-0.1, -0.05) is 62.6 Å². The van der Waals surface area contributed by atoms with Gasteiger partial charge >= 0.3 is 5.97 Å². The van der Waals surface area contributed by atoms with Gasteiger partial charge in [0.05, 0.1) is 68.9 Å². The molecule has 2 aliphatic heterocycles. The van der Waals surface area contributed by atoms with Gasteiger partial charge in [0.25, 0.3) is 0 Å². The van der Waals surface area contributed by atoms with Crippen LogP contribution in [-0.2, 0) is 35.0 Å². The van der Waals surface area contributed by atoms with Crippen molar-refractivity contribution in [2.75, 3.05) is 114 Å². The average molecular weight is 1040 g/mol. The summed E-state index contributed by atoms with van der Waals surface area (Å²) < 4.78 is 19.6. The summed E-state index contributed by atoms with van der Waals surface area (Å²) in [6, 6.07) is 4.47. The molecule has 2 fully saturated rings. The van der Waals surface area contributed by atoms with Gasteiger partial charge < -0.3 is 60.8 Å². The third-order valence-corrected chi connectivity index (χ3v) is 12.8. The minimum atomic E-state index is -1.02. The molecule has 2 aliphatic rings. The molecule has 4 aromatic rings. The number of amides is 2. The summed E-state index contributed by atoms with van der Waals surface area (Å²) in [7, 11) is 0. The first-order chi connectivity index (χ1) is 34.7. The Hall–Kier alpha value is -6.23. The summed E-state index contributed by atoms with van der Waals surface area (Å²) in [4.78, 5) is 62.4. The molecule has 2 saturated heterocycles. The molecule has 2 unspecified atom stereocenters. The van der Waals surface area contributed by atoms with E-state index in [0.717, 1.165) is 12.0 Å². The van der Waals surface area contributed by atoms with Gasteiger partial charge in [-0.25, -0.2) is 9.36 Å². The van der Waals surface area contributed by atoms with Crippen LogP contribution in [0.5, 0.6) is 5.75 Å². The van der Waals surface area contributed by atoms with E-state index in [4.69, 9.17) is 47.1 Å². The van der Waals surface area contributed by atoms with Crippen LogP contribution in [0.3, 0.4) is 0 Å². The zero-order valence-corrected chi connectivity index (χ0v) is 43.2. The smallest absolute Gasteiger partial charge is 0.303 e. The molecule has 0 saturated carbocycles. The molecule has 73 heavy (non-hydrogen) atoms. The Morgan fingerprint density at radius 3 is 1.86 bits per heavy atom. The standard InChI is InChI=1S/C48H72N16O8.ClH/c1-6-23-70-25-27-72-28-26-71-24-14-51-46-52-47(61-19-15-59(16-20-61)44(68)40(12-13-42(66)67)63-31-38(55-57-63)37(49)29-33(3)4)54-48(53-46)62-21-17-60(18-22-62)45(69)41(30-35-8-10-36(65)11-9-35)64-32-39(56-58-64)43(50)34(5)7-2;/h1,8-11,31-34,37,40-41,43,65H,7,12-30,49-50H2,2-5H3,(H,66,67)(H,51,52,53,54);1H/t34-,37?,40+,41-,43?;/m1./s1. The van der Waals surface area contributed by atoms with E-state index in [9.17, 15) is 24.6 Å². The first-order valence-electron chi connectivity index (χ1n) is 24.8. The Bertz CT molecular complexity index is 2370. The van der Waals surface area contributed by atoms with Crippen LogP contribution in [0, 0.1) is 24.2 Å². The number of carbonyl (C=O) groups excluding carboxylic acids is 2. The van der Waals surface area contributed by atoms with Crippen LogP contribution in [0.25, 0.3) is 0 Å². The highest BCUT2D eigenvalue weighted by Crippen LogP contribution is 2.27. The van der Waals surface area contributed by atoms with E-state index >= 15 is 0 Å². The summed E-state index contributed by atoms with van der Waals surface area (Å²) in [6.07, 6.45) is 10.3. The van der Waals surface area contributed by atoms with E-state index < -0.39 is 18.1 Å². The Morgan fingerprint density at radius 1 is 0.767 bits per heavy atom. The molecule has 5 heterocycles. The van der Waals surface area contributed by atoms with Crippen molar-refractivity contribution in [3.05, 3.63) is 53.6 Å². The maximum Gasteiger partial charge on any atom is 0.303 e. The van der Waals surface area contributed by atoms with Crippen LogP contribution in [0.4, 0.5) is 17.8 Å². The lowest BCUT2D eigenvalue weighted by molar-refractivity contribution is -0.139. The Labute approximate surface area is 432 Å². The number of benzene rings is 1. The van der Waals surface area contributed by atoms with Crippen LogP contribution in [-0.4, -0.2) is 181 Å². The molecular formula is C48H73ClN16O8. The molecule has 0 aliphatic carbocycles. The maximum absolute atomic E-state index is 14.5. The molecule has 5 atom stereocenters. The molecule has 3 aromatic heterocycles. The number of nitrogens with two attached hydrogens (primary N) is 2. The number of aliphatic carboxylic acids is 1. The highest BCUT2D eigenvalue weighted by molar-refractivity contribution is 5.85. The zero-order chi connectivity index (χ0) is 51.6. The van der Waals surface area contributed by atoms with Gasteiger partial charge in [0.15, 0.2) is 0 Å². The average Bonchev–Trinajstić information content (AvgIpc) is 4.09. The number of nitrogens with one attached hydrogen (secondary N) is 1. The van der Waals surface area contributed by atoms with Gasteiger partial charge in [-0.3, -0.25) is 14.4 Å². The molecule has 0 spiro atoms. The van der Waals surface area contributed by atoms with Crippen LogP contribution >= 0.6 is 12.4 Å². The highest BCUT2D eigenvalue weighted by Gasteiger charge is 2.34. The molecule has 7 N–H and O–H groups in total. The summed E-state index contributed by atoms with van der Waals surface area (Å²) >= 11 is 0. The second-order valence-electron chi connectivity index (χ2n) is 18.5. The number of carboxylic acids is 1. The number of piperazine rings is 2. The summed E-state index contributed by atoms with van der Waals surface area (Å²) in [5, 5.41) is 40.0. The Balaban J connectivity index is 0.00000988. The maximum atomic E-state index is 14.5. The second-order valence-corrected chi connectivity index (χ2v) is 18.5. The molecule has 2 amide bonds. The number of rotatable bonds is 28. The first kappa shape index (κ1) is 57.7. The number of terminal acetylenes is 1. The lowest BCUT2D eigenvalue weighted by atomic mass is 9.98. The zero-order valence-electron chi connectivity index (χ0n) is 42.4. The van der Waals surface area contributed by atoms with E-state index in [2.05, 4.69) is 59.6 Å². The molecule has 0 bridgehead atoms. The number of ether oxygens (including phenoxy) is 3. The predicted octanol–water partition coefficient (Wildman–Crippen LogP) is 2.26. The molecule has 1 aromatic carbocycles. The summed E-state index contributed by atoms with van der Waals surface area (Å²) in [6.45, 7) is 13.8. The fraction of sp³-hybridized carbons (Fsp3) is 0.625. The number of carboxylic acid groups (broad SMARTS) is 1. The van der Waals surface area contributed by atoms with Gasteiger partial charge in [-0.2, -0.15) is 15.0 Å². The number of aromatic hydroxyl groups is 1. The number of phenols is 1. The molecule has 400 valence electrons. The summed E-state index contributed by atoms with van der Waals surface area (Å²) in [5.41, 5.74) is 14.9. The van der Waals surface area contributed by atoms with E-state index in [-0.39, 0.29) is 67.4 Å². The monoisotopic (exact) mass is 1040 g/mol. The number of nitrogens with zero attached hydrogens (tertiary/aromatic N) is 13. The minimum Gasteiger partial charge on any atom is -0.508 e. The number of hydrogen-bond acceptors (Lipinski definition) is 19. The van der Waals surface area contributed by atoms with Crippen molar-refractivity contribution >= 4 is 48.0 Å². The highest BCUT2D eigenvalue weighted by atomic mass is 35.5. The van der Waals surface area contributed by atoms with Crippen molar-refractivity contribution in [2.24, 2.45) is 23.3 Å². The Morgan fingerprint density at radius 2 is 1.30 bits per heavy atom. The van der Waals surface area contributed by atoms with Crippen LogP contribution in [0.2, 0.25) is 0 Å². The van der Waals surface area contributed by atoms with Crippen molar-refractivity contribution in [1.82, 2.24) is 54.7 Å². The first-order valence-corrected chi connectivity index (χ1v) is 24.8. The van der Waals surface area contributed by atoms with Gasteiger partial charge in [-0.05, 0) is 42.4 Å². The van der Waals surface area contributed by atoms with Crippen LogP contribution < -0.4 is 26.6 Å². The fourth-order valence-electron chi connectivity index (χ4n) is 8.36. The van der Waals surface area contributed by atoms with Crippen molar-refractivity contribution < 1.29 is 38.8 Å². The van der Waals surface area contributed by atoms with Crippen molar-refractivity contribution in [3.8, 4) is 18.1 Å². The van der Waals surface area contributed by atoms with Crippen molar-refractivity contribution in [1.29, 1.82) is 0 Å². The topological polar surface area (TPSA) is 296 Å². The van der Waals surface area contributed by atoms with Crippen molar-refractivity contribution in [3.63, 3.8) is 0 Å². The molecular weight excluding hydrogens is 964 g/mol. The molecule has 6 rings (SSSR count). The van der Waals surface area contributed by atoms with Crippen molar-refractivity contribution in [2.45, 2.75) is 84.0 Å². The van der Waals surface area contributed by atoms with Gasteiger partial charge in [0.2, 0.25) is 29.7 Å².